The highest BCUT2D eigenvalue weighted by Gasteiger charge is 2.19. The zero-order valence-corrected chi connectivity index (χ0v) is 18.2. The van der Waals surface area contributed by atoms with Crippen molar-refractivity contribution in [2.45, 2.75) is 26.2 Å². The smallest absolute Gasteiger partial charge is 0.194 e. The van der Waals surface area contributed by atoms with Gasteiger partial charge in [-0.15, -0.1) is 24.0 Å². The Kier molecular flexibility index (Phi) is 11.6. The van der Waals surface area contributed by atoms with Crippen molar-refractivity contribution in [3.05, 3.63) is 30.1 Å². The number of nitrogens with zero attached hydrogens (tertiary/aromatic N) is 3. The molecule has 1 heterocycles. The van der Waals surface area contributed by atoms with Crippen LogP contribution in [0.2, 0.25) is 0 Å². The SMILES string of the molecule is CCNC(=NCCCCCOC)N1CCN(c2ccc(F)cc2)CC1.I. The zero-order valence-electron chi connectivity index (χ0n) is 15.9. The Morgan fingerprint density at radius 1 is 1.12 bits per heavy atom. The van der Waals surface area contributed by atoms with Crippen LogP contribution in [-0.2, 0) is 4.74 Å². The quantitative estimate of drug-likeness (QED) is 0.269. The number of ether oxygens (including phenoxy) is 1. The number of nitrogens with one attached hydrogen (secondary N) is 1. The van der Waals surface area contributed by atoms with Gasteiger partial charge in [0.15, 0.2) is 5.96 Å². The van der Waals surface area contributed by atoms with E-state index in [9.17, 15) is 4.39 Å². The number of aliphatic imine (C=N–C) groups is 1. The molecule has 1 N–H and O–H groups in total. The summed E-state index contributed by atoms with van der Waals surface area (Å²) in [7, 11) is 1.74. The van der Waals surface area contributed by atoms with Crippen LogP contribution in [0.3, 0.4) is 0 Å². The van der Waals surface area contributed by atoms with E-state index in [1.165, 1.54) is 12.1 Å². The molecule has 1 fully saturated rings. The number of halogens is 2. The lowest BCUT2D eigenvalue weighted by atomic mass is 10.2. The maximum Gasteiger partial charge on any atom is 0.194 e. The van der Waals surface area contributed by atoms with Crippen molar-refractivity contribution >= 4 is 35.6 Å². The van der Waals surface area contributed by atoms with E-state index in [2.05, 4.69) is 22.0 Å². The van der Waals surface area contributed by atoms with Gasteiger partial charge in [-0.3, -0.25) is 4.99 Å². The molecule has 1 aliphatic rings. The first-order valence-electron chi connectivity index (χ1n) is 9.27. The average Bonchev–Trinajstić information content (AvgIpc) is 2.64. The van der Waals surface area contributed by atoms with Crippen molar-refractivity contribution < 1.29 is 9.13 Å². The molecule has 0 amide bonds. The molecule has 1 saturated heterocycles. The Morgan fingerprint density at radius 3 is 2.42 bits per heavy atom. The normalized spacial score (nSPS) is 15.0. The van der Waals surface area contributed by atoms with Crippen LogP contribution in [-0.4, -0.2) is 63.8 Å². The Bertz CT molecular complexity index is 519. The van der Waals surface area contributed by atoms with Crippen molar-refractivity contribution in [3.8, 4) is 0 Å². The van der Waals surface area contributed by atoms with Crippen molar-refractivity contribution in [1.29, 1.82) is 0 Å². The molecule has 1 aromatic rings. The number of benzene rings is 1. The summed E-state index contributed by atoms with van der Waals surface area (Å²) in [4.78, 5) is 9.38. The van der Waals surface area contributed by atoms with E-state index in [1.54, 1.807) is 7.11 Å². The van der Waals surface area contributed by atoms with E-state index < -0.39 is 0 Å². The van der Waals surface area contributed by atoms with Gasteiger partial charge in [-0.2, -0.15) is 0 Å². The lowest BCUT2D eigenvalue weighted by Gasteiger charge is -2.37. The highest BCUT2D eigenvalue weighted by atomic mass is 127. The minimum atomic E-state index is -0.186. The second kappa shape index (κ2) is 13.1. The first-order chi connectivity index (χ1) is 12.2. The van der Waals surface area contributed by atoms with Crippen LogP contribution in [0.1, 0.15) is 26.2 Å². The van der Waals surface area contributed by atoms with Gasteiger partial charge in [0, 0.05) is 58.7 Å². The summed E-state index contributed by atoms with van der Waals surface area (Å²) in [5, 5.41) is 3.40. The van der Waals surface area contributed by atoms with Gasteiger partial charge in [0.05, 0.1) is 0 Å². The van der Waals surface area contributed by atoms with Gasteiger partial charge < -0.3 is 19.9 Å². The second-order valence-electron chi connectivity index (χ2n) is 6.24. The number of piperazine rings is 1. The third kappa shape index (κ3) is 7.65. The number of guanidine groups is 1. The van der Waals surface area contributed by atoms with Crippen LogP contribution < -0.4 is 10.2 Å². The highest BCUT2D eigenvalue weighted by Crippen LogP contribution is 2.17. The number of hydrogen-bond acceptors (Lipinski definition) is 3. The van der Waals surface area contributed by atoms with Crippen LogP contribution in [0.4, 0.5) is 10.1 Å². The van der Waals surface area contributed by atoms with E-state index >= 15 is 0 Å². The van der Waals surface area contributed by atoms with Gasteiger partial charge >= 0.3 is 0 Å². The molecular formula is C19H32FIN4O. The summed E-state index contributed by atoms with van der Waals surface area (Å²) >= 11 is 0. The Labute approximate surface area is 174 Å². The molecule has 0 aliphatic carbocycles. The monoisotopic (exact) mass is 478 g/mol. The fraction of sp³-hybridized carbons (Fsp3) is 0.632. The van der Waals surface area contributed by atoms with Crippen molar-refractivity contribution in [2.75, 3.05) is 57.9 Å². The number of unbranched alkanes of at least 4 members (excludes halogenated alkanes) is 2. The molecule has 7 heteroatoms. The molecule has 0 saturated carbocycles. The summed E-state index contributed by atoms with van der Waals surface area (Å²) in [6, 6.07) is 6.75. The maximum atomic E-state index is 13.1. The summed E-state index contributed by atoms with van der Waals surface area (Å²) in [6.45, 7) is 8.34. The van der Waals surface area contributed by atoms with Gasteiger partial charge in [-0.25, -0.2) is 4.39 Å². The summed E-state index contributed by atoms with van der Waals surface area (Å²) < 4.78 is 18.1. The second-order valence-corrected chi connectivity index (χ2v) is 6.24. The van der Waals surface area contributed by atoms with Crippen LogP contribution in [0.15, 0.2) is 29.3 Å². The van der Waals surface area contributed by atoms with Crippen LogP contribution in [0.5, 0.6) is 0 Å². The predicted octanol–water partition coefficient (Wildman–Crippen LogP) is 3.35. The molecule has 148 valence electrons. The lowest BCUT2D eigenvalue weighted by molar-refractivity contribution is 0.192. The van der Waals surface area contributed by atoms with E-state index in [0.717, 1.165) is 76.8 Å². The topological polar surface area (TPSA) is 40.1 Å². The molecular weight excluding hydrogens is 446 g/mol. The molecule has 2 rings (SSSR count). The molecule has 1 aromatic carbocycles. The standard InChI is InChI=1S/C19H31FN4O.HI/c1-3-21-19(22-11-5-4-6-16-25-2)24-14-12-23(13-15-24)18-9-7-17(20)8-10-18;/h7-10H,3-6,11-16H2,1-2H3,(H,21,22);1H. The first-order valence-corrected chi connectivity index (χ1v) is 9.27. The predicted molar refractivity (Wildman–Crippen MR) is 117 cm³/mol. The first kappa shape index (κ1) is 23.0. The Balaban J connectivity index is 0.00000338. The summed E-state index contributed by atoms with van der Waals surface area (Å²) in [6.07, 6.45) is 3.34. The zero-order chi connectivity index (χ0) is 17.9. The van der Waals surface area contributed by atoms with Gasteiger partial charge in [0.2, 0.25) is 0 Å². The minimum Gasteiger partial charge on any atom is -0.385 e. The van der Waals surface area contributed by atoms with Gasteiger partial charge in [0.25, 0.3) is 0 Å². The summed E-state index contributed by atoms with van der Waals surface area (Å²) in [5.41, 5.74) is 1.08. The molecule has 0 unspecified atom stereocenters. The Morgan fingerprint density at radius 2 is 1.81 bits per heavy atom. The van der Waals surface area contributed by atoms with E-state index in [4.69, 9.17) is 9.73 Å². The molecule has 5 nitrogen and oxygen atoms in total. The van der Waals surface area contributed by atoms with Crippen LogP contribution >= 0.6 is 24.0 Å². The number of methoxy groups -OCH3 is 1. The largest absolute Gasteiger partial charge is 0.385 e. The summed E-state index contributed by atoms with van der Waals surface area (Å²) in [5.74, 6) is 0.822. The van der Waals surface area contributed by atoms with E-state index in [0.29, 0.717) is 0 Å². The molecule has 26 heavy (non-hydrogen) atoms. The van der Waals surface area contributed by atoms with Crippen LogP contribution in [0, 0.1) is 5.82 Å². The Hall–Kier alpha value is -1.09. The number of rotatable bonds is 8. The molecule has 0 radical (unpaired) electrons. The minimum absolute atomic E-state index is 0. The fourth-order valence-electron chi connectivity index (χ4n) is 2.97. The van der Waals surface area contributed by atoms with Gasteiger partial charge in [0.1, 0.15) is 5.82 Å². The average molecular weight is 478 g/mol. The van der Waals surface area contributed by atoms with Crippen molar-refractivity contribution in [3.63, 3.8) is 0 Å². The third-order valence-corrected chi connectivity index (χ3v) is 4.37. The highest BCUT2D eigenvalue weighted by molar-refractivity contribution is 14.0. The van der Waals surface area contributed by atoms with E-state index in [-0.39, 0.29) is 29.8 Å². The molecule has 0 bridgehead atoms. The van der Waals surface area contributed by atoms with Gasteiger partial charge in [-0.05, 0) is 50.5 Å². The van der Waals surface area contributed by atoms with E-state index in [1.807, 2.05) is 12.1 Å². The number of anilines is 1. The molecule has 0 spiro atoms. The fourth-order valence-corrected chi connectivity index (χ4v) is 2.97. The van der Waals surface area contributed by atoms with Gasteiger partial charge in [-0.1, -0.05) is 0 Å². The third-order valence-electron chi connectivity index (χ3n) is 4.37. The lowest BCUT2D eigenvalue weighted by Crippen LogP contribution is -2.52. The van der Waals surface area contributed by atoms with Crippen LogP contribution in [0.25, 0.3) is 0 Å². The molecule has 0 aromatic heterocycles. The maximum absolute atomic E-state index is 13.1. The van der Waals surface area contributed by atoms with Crippen molar-refractivity contribution in [1.82, 2.24) is 10.2 Å². The molecule has 0 atom stereocenters. The van der Waals surface area contributed by atoms with Crippen molar-refractivity contribution in [2.24, 2.45) is 4.99 Å². The molecule has 1 aliphatic heterocycles. The number of hydrogen-bond donors (Lipinski definition) is 1.